The summed E-state index contributed by atoms with van der Waals surface area (Å²) in [6, 6.07) is 6.80. The molecular formula is C17H9Cl2F3N2O2S. The zero-order chi connectivity index (χ0) is 19.8. The molecular weight excluding hydrogens is 424 g/mol. The summed E-state index contributed by atoms with van der Waals surface area (Å²) in [6.07, 6.45) is -3.83. The number of halogens is 5. The quantitative estimate of drug-likeness (QED) is 0.454. The number of hydrogen-bond donors (Lipinski definition) is 0. The molecule has 3 rings (SSSR count). The van der Waals surface area contributed by atoms with Gasteiger partial charge in [0.2, 0.25) is 5.12 Å². The fourth-order valence-electron chi connectivity index (χ4n) is 2.26. The highest BCUT2D eigenvalue weighted by molar-refractivity contribution is 8.14. The maximum absolute atomic E-state index is 12.7. The molecule has 0 aliphatic rings. The molecule has 0 saturated heterocycles. The molecule has 2 aromatic heterocycles. The molecule has 10 heteroatoms. The van der Waals surface area contributed by atoms with Crippen LogP contribution >= 0.6 is 35.0 Å². The number of carbonyl (C=O) groups is 1. The minimum atomic E-state index is -4.50. The van der Waals surface area contributed by atoms with Crippen LogP contribution in [0.4, 0.5) is 13.2 Å². The van der Waals surface area contributed by atoms with E-state index in [1.54, 1.807) is 18.2 Å². The number of alkyl halides is 3. The van der Waals surface area contributed by atoms with Gasteiger partial charge in [-0.2, -0.15) is 13.2 Å². The average molecular weight is 433 g/mol. The number of hydrogen-bond acceptors (Lipinski definition) is 5. The van der Waals surface area contributed by atoms with Crippen molar-refractivity contribution < 1.29 is 22.5 Å². The molecule has 4 nitrogen and oxygen atoms in total. The topological polar surface area (TPSA) is 56.0 Å². The van der Waals surface area contributed by atoms with Crippen LogP contribution in [0.1, 0.15) is 21.7 Å². The molecule has 0 saturated carbocycles. The molecule has 0 N–H and O–H groups in total. The van der Waals surface area contributed by atoms with Crippen molar-refractivity contribution in [2.45, 2.75) is 18.1 Å². The normalized spacial score (nSPS) is 11.6. The molecule has 27 heavy (non-hydrogen) atoms. The zero-order valence-corrected chi connectivity index (χ0v) is 15.8. The smallest absolute Gasteiger partial charge is 0.360 e. The van der Waals surface area contributed by atoms with E-state index in [-0.39, 0.29) is 32.1 Å². The molecule has 0 spiro atoms. The minimum Gasteiger partial charge on any atom is -0.360 e. The van der Waals surface area contributed by atoms with Crippen LogP contribution in [0, 0.1) is 6.92 Å². The average Bonchev–Trinajstić information content (AvgIpc) is 2.96. The van der Waals surface area contributed by atoms with Crippen LogP contribution in [0.2, 0.25) is 10.0 Å². The van der Waals surface area contributed by atoms with E-state index >= 15 is 0 Å². The van der Waals surface area contributed by atoms with Crippen molar-refractivity contribution in [1.29, 1.82) is 0 Å². The van der Waals surface area contributed by atoms with Gasteiger partial charge in [0.25, 0.3) is 0 Å². The van der Waals surface area contributed by atoms with E-state index < -0.39 is 16.9 Å². The fourth-order valence-corrected chi connectivity index (χ4v) is 3.61. The highest BCUT2D eigenvalue weighted by Gasteiger charge is 2.31. The van der Waals surface area contributed by atoms with Crippen LogP contribution < -0.4 is 0 Å². The van der Waals surface area contributed by atoms with E-state index in [0.29, 0.717) is 23.5 Å². The third-order valence-electron chi connectivity index (χ3n) is 3.53. The summed E-state index contributed by atoms with van der Waals surface area (Å²) in [5.41, 5.74) is -0.282. The highest BCUT2D eigenvalue weighted by Crippen LogP contribution is 2.39. The Morgan fingerprint density at radius 1 is 1.15 bits per heavy atom. The molecule has 2 heterocycles. The molecule has 140 valence electrons. The van der Waals surface area contributed by atoms with Crippen LogP contribution in [-0.2, 0) is 6.18 Å². The Morgan fingerprint density at radius 2 is 1.81 bits per heavy atom. The Morgan fingerprint density at radius 3 is 2.37 bits per heavy atom. The summed E-state index contributed by atoms with van der Waals surface area (Å²) >= 11 is 13.0. The van der Waals surface area contributed by atoms with Crippen LogP contribution in [0.15, 0.2) is 46.1 Å². The van der Waals surface area contributed by atoms with Crippen LogP contribution in [-0.4, -0.2) is 15.3 Å². The third kappa shape index (κ3) is 4.12. The van der Waals surface area contributed by atoms with Crippen molar-refractivity contribution in [2.75, 3.05) is 0 Å². The predicted molar refractivity (Wildman–Crippen MR) is 96.1 cm³/mol. The van der Waals surface area contributed by atoms with Crippen LogP contribution in [0.3, 0.4) is 0 Å². The van der Waals surface area contributed by atoms with Crippen molar-refractivity contribution in [3.05, 3.63) is 63.5 Å². The Labute approximate surface area is 165 Å². The second-order valence-electron chi connectivity index (χ2n) is 5.33. The first-order valence-corrected chi connectivity index (χ1v) is 8.92. The molecule has 0 fully saturated rings. The Bertz CT molecular complexity index is 984. The predicted octanol–water partition coefficient (Wildman–Crippen LogP) is 6.30. The first-order valence-electron chi connectivity index (χ1n) is 7.34. The van der Waals surface area contributed by atoms with E-state index in [9.17, 15) is 18.0 Å². The van der Waals surface area contributed by atoms with Gasteiger partial charge in [-0.3, -0.25) is 4.79 Å². The molecule has 0 unspecified atom stereocenters. The molecule has 0 bridgehead atoms. The molecule has 0 atom stereocenters. The Kier molecular flexibility index (Phi) is 5.50. The summed E-state index contributed by atoms with van der Waals surface area (Å²) in [5.74, 6) is 0.227. The molecule has 0 aliphatic heterocycles. The van der Waals surface area contributed by atoms with Crippen molar-refractivity contribution >= 4 is 40.1 Å². The van der Waals surface area contributed by atoms with Gasteiger partial charge in [-0.15, -0.1) is 0 Å². The number of rotatable bonds is 3. The van der Waals surface area contributed by atoms with E-state index in [4.69, 9.17) is 27.7 Å². The van der Waals surface area contributed by atoms with E-state index in [1.807, 2.05) is 0 Å². The number of aryl methyl sites for hydroxylation is 1. The largest absolute Gasteiger partial charge is 0.417 e. The summed E-state index contributed by atoms with van der Waals surface area (Å²) < 4.78 is 43.0. The Hall–Kier alpha value is -2.03. The summed E-state index contributed by atoms with van der Waals surface area (Å²) in [4.78, 5) is 16.4. The molecule has 0 amide bonds. The van der Waals surface area contributed by atoms with Gasteiger partial charge in [0, 0.05) is 11.8 Å². The summed E-state index contributed by atoms with van der Waals surface area (Å²) in [6.45, 7) is 1.54. The van der Waals surface area contributed by atoms with E-state index in [1.165, 1.54) is 6.92 Å². The SMILES string of the molecule is Cc1onc(-c2c(Cl)cccc2Cl)c1C(=O)Sc1ccc(C(F)(F)F)cn1. The lowest BCUT2D eigenvalue weighted by molar-refractivity contribution is -0.137. The van der Waals surface area contributed by atoms with Crippen LogP contribution in [0.5, 0.6) is 0 Å². The Balaban J connectivity index is 1.94. The van der Waals surface area contributed by atoms with Gasteiger partial charge in [0.05, 0.1) is 21.2 Å². The second-order valence-corrected chi connectivity index (χ2v) is 7.14. The number of carbonyl (C=O) groups excluding carboxylic acids is 1. The van der Waals surface area contributed by atoms with Crippen molar-refractivity contribution in [3.8, 4) is 11.3 Å². The number of aromatic nitrogens is 2. The number of nitrogens with zero attached hydrogens (tertiary/aromatic N) is 2. The van der Waals surface area contributed by atoms with E-state index in [2.05, 4.69) is 10.1 Å². The first-order chi connectivity index (χ1) is 12.7. The van der Waals surface area contributed by atoms with Gasteiger partial charge in [-0.05, 0) is 43.0 Å². The monoisotopic (exact) mass is 432 g/mol. The number of thioether (sulfide) groups is 1. The molecule has 1 aromatic carbocycles. The third-order valence-corrected chi connectivity index (χ3v) is 5.00. The van der Waals surface area contributed by atoms with Crippen molar-refractivity contribution in [2.24, 2.45) is 0 Å². The van der Waals surface area contributed by atoms with Gasteiger partial charge in [-0.1, -0.05) is 34.4 Å². The molecule has 0 aliphatic carbocycles. The van der Waals surface area contributed by atoms with E-state index in [0.717, 1.165) is 12.1 Å². The number of pyridine rings is 1. The first kappa shape index (κ1) is 19.7. The highest BCUT2D eigenvalue weighted by atomic mass is 35.5. The zero-order valence-electron chi connectivity index (χ0n) is 13.5. The number of benzene rings is 1. The maximum atomic E-state index is 12.7. The lowest BCUT2D eigenvalue weighted by Gasteiger charge is -2.07. The van der Waals surface area contributed by atoms with Crippen molar-refractivity contribution in [1.82, 2.24) is 10.1 Å². The van der Waals surface area contributed by atoms with Crippen molar-refractivity contribution in [3.63, 3.8) is 0 Å². The summed E-state index contributed by atoms with van der Waals surface area (Å²) in [7, 11) is 0. The van der Waals surface area contributed by atoms with Gasteiger partial charge in [0.15, 0.2) is 0 Å². The summed E-state index contributed by atoms with van der Waals surface area (Å²) in [5, 5.41) is 4.02. The van der Waals surface area contributed by atoms with Gasteiger partial charge in [0.1, 0.15) is 16.5 Å². The minimum absolute atomic E-state index is 0.102. The second kappa shape index (κ2) is 7.53. The molecule has 3 aromatic rings. The lowest BCUT2D eigenvalue weighted by atomic mass is 10.1. The standard InChI is InChI=1S/C17H9Cl2F3N2O2S/c1-8-13(15(24-26-8)14-10(18)3-2-4-11(14)19)16(25)27-12-6-5-9(7-23-12)17(20,21)22/h2-7H,1H3. The van der Waals surface area contributed by atoms with Crippen LogP contribution in [0.25, 0.3) is 11.3 Å². The van der Waals surface area contributed by atoms with Gasteiger partial charge >= 0.3 is 6.18 Å². The van der Waals surface area contributed by atoms with Gasteiger partial charge in [-0.25, -0.2) is 4.98 Å². The molecule has 0 radical (unpaired) electrons. The fraction of sp³-hybridized carbons (Fsp3) is 0.118. The lowest BCUT2D eigenvalue weighted by Crippen LogP contribution is -2.05. The van der Waals surface area contributed by atoms with Gasteiger partial charge < -0.3 is 4.52 Å². The maximum Gasteiger partial charge on any atom is 0.417 e.